The fraction of sp³-hybridized carbons (Fsp3) is 0.600. The van der Waals surface area contributed by atoms with Crippen LogP contribution in [0.1, 0.15) is 24.9 Å². The summed E-state index contributed by atoms with van der Waals surface area (Å²) in [7, 11) is 1.72. The minimum atomic E-state index is -0.364. The van der Waals surface area contributed by atoms with Crippen LogP contribution >= 0.6 is 11.6 Å². The Hall–Kier alpha value is -0.680. The molecule has 3 unspecified atom stereocenters. The van der Waals surface area contributed by atoms with E-state index in [1.807, 2.05) is 0 Å². The van der Waals surface area contributed by atoms with Crippen molar-refractivity contribution < 1.29 is 9.13 Å². The van der Waals surface area contributed by atoms with Gasteiger partial charge in [0.25, 0.3) is 0 Å². The summed E-state index contributed by atoms with van der Waals surface area (Å²) in [5.74, 6) is 0.149. The molecule has 3 nitrogen and oxygen atoms in total. The standard InChI is InChI=1S/C15H22ClFN2O/c1-10-6-7-19(9-14(10)20-2)13(8-18)11-4-3-5-12(16)15(11)17/h3-5,10,13-14H,6-9,18H2,1-2H3. The fourth-order valence-electron chi connectivity index (χ4n) is 2.90. The first-order valence-electron chi connectivity index (χ1n) is 6.99. The molecule has 20 heavy (non-hydrogen) atoms. The van der Waals surface area contributed by atoms with E-state index >= 15 is 0 Å². The van der Waals surface area contributed by atoms with Crippen molar-refractivity contribution in [2.45, 2.75) is 25.5 Å². The molecule has 1 saturated heterocycles. The average Bonchev–Trinajstić information content (AvgIpc) is 2.45. The fourth-order valence-corrected chi connectivity index (χ4v) is 3.08. The van der Waals surface area contributed by atoms with Gasteiger partial charge in [-0.2, -0.15) is 0 Å². The lowest BCUT2D eigenvalue weighted by Crippen LogP contribution is -2.47. The molecule has 2 rings (SSSR count). The first-order valence-corrected chi connectivity index (χ1v) is 7.37. The Morgan fingerprint density at radius 3 is 2.95 bits per heavy atom. The van der Waals surface area contributed by atoms with Crippen molar-refractivity contribution in [3.63, 3.8) is 0 Å². The van der Waals surface area contributed by atoms with Gasteiger partial charge in [-0.05, 0) is 24.9 Å². The topological polar surface area (TPSA) is 38.5 Å². The monoisotopic (exact) mass is 300 g/mol. The highest BCUT2D eigenvalue weighted by molar-refractivity contribution is 6.30. The van der Waals surface area contributed by atoms with Crippen LogP contribution in [-0.2, 0) is 4.74 Å². The predicted molar refractivity (Wildman–Crippen MR) is 79.4 cm³/mol. The summed E-state index contributed by atoms with van der Waals surface area (Å²) in [6.45, 7) is 4.21. The Morgan fingerprint density at radius 2 is 2.30 bits per heavy atom. The number of piperidine rings is 1. The SMILES string of the molecule is COC1CN(C(CN)c2cccc(Cl)c2F)CCC1C. The van der Waals surface area contributed by atoms with Gasteiger partial charge in [0.1, 0.15) is 5.82 Å². The maximum Gasteiger partial charge on any atom is 0.146 e. The van der Waals surface area contributed by atoms with Gasteiger partial charge in [-0.1, -0.05) is 30.7 Å². The molecule has 0 bridgehead atoms. The summed E-state index contributed by atoms with van der Waals surface area (Å²) in [6.07, 6.45) is 1.19. The summed E-state index contributed by atoms with van der Waals surface area (Å²) in [5.41, 5.74) is 6.46. The number of likely N-dealkylation sites (tertiary alicyclic amines) is 1. The molecule has 1 aliphatic heterocycles. The third-order valence-electron chi connectivity index (χ3n) is 4.23. The van der Waals surface area contributed by atoms with Crippen molar-refractivity contribution in [2.75, 3.05) is 26.7 Å². The molecule has 112 valence electrons. The molecular formula is C15H22ClFN2O. The molecule has 0 amide bonds. The third kappa shape index (κ3) is 3.14. The molecule has 5 heteroatoms. The van der Waals surface area contributed by atoms with Crippen LogP contribution < -0.4 is 5.73 Å². The van der Waals surface area contributed by atoms with E-state index in [1.165, 1.54) is 0 Å². The van der Waals surface area contributed by atoms with E-state index in [4.69, 9.17) is 22.1 Å². The lowest BCUT2D eigenvalue weighted by molar-refractivity contribution is -0.0187. The Morgan fingerprint density at radius 1 is 1.55 bits per heavy atom. The van der Waals surface area contributed by atoms with E-state index in [9.17, 15) is 4.39 Å². The number of hydrogen-bond donors (Lipinski definition) is 1. The highest BCUT2D eigenvalue weighted by Crippen LogP contribution is 2.30. The lowest BCUT2D eigenvalue weighted by Gasteiger charge is -2.40. The van der Waals surface area contributed by atoms with E-state index < -0.39 is 0 Å². The zero-order chi connectivity index (χ0) is 14.7. The molecule has 0 radical (unpaired) electrons. The number of methoxy groups -OCH3 is 1. The Bertz CT molecular complexity index is 457. The van der Waals surface area contributed by atoms with Gasteiger partial charge < -0.3 is 10.5 Å². The minimum Gasteiger partial charge on any atom is -0.380 e. The van der Waals surface area contributed by atoms with Crippen molar-refractivity contribution in [2.24, 2.45) is 11.7 Å². The predicted octanol–water partition coefficient (Wildman–Crippen LogP) is 2.84. The summed E-state index contributed by atoms with van der Waals surface area (Å²) in [5, 5.41) is 0.148. The number of ether oxygens (including phenoxy) is 1. The molecule has 0 aromatic heterocycles. The summed E-state index contributed by atoms with van der Waals surface area (Å²) < 4.78 is 19.7. The van der Waals surface area contributed by atoms with Crippen molar-refractivity contribution >= 4 is 11.6 Å². The van der Waals surface area contributed by atoms with Gasteiger partial charge in [0.15, 0.2) is 0 Å². The average molecular weight is 301 g/mol. The molecular weight excluding hydrogens is 279 g/mol. The van der Waals surface area contributed by atoms with Crippen molar-refractivity contribution in [1.29, 1.82) is 0 Å². The molecule has 0 aliphatic carbocycles. The first kappa shape index (κ1) is 15.7. The number of hydrogen-bond acceptors (Lipinski definition) is 3. The minimum absolute atomic E-state index is 0.148. The number of benzene rings is 1. The van der Waals surface area contributed by atoms with Gasteiger partial charge in [0, 0.05) is 25.8 Å². The smallest absolute Gasteiger partial charge is 0.146 e. The molecule has 0 spiro atoms. The molecule has 1 aromatic carbocycles. The molecule has 3 atom stereocenters. The van der Waals surface area contributed by atoms with Crippen molar-refractivity contribution in [3.05, 3.63) is 34.6 Å². The second-order valence-corrected chi connectivity index (χ2v) is 5.84. The van der Waals surface area contributed by atoms with Gasteiger partial charge in [-0.15, -0.1) is 0 Å². The zero-order valence-corrected chi connectivity index (χ0v) is 12.7. The summed E-state index contributed by atoms with van der Waals surface area (Å²) in [4.78, 5) is 2.20. The van der Waals surface area contributed by atoms with Crippen LogP contribution in [0.15, 0.2) is 18.2 Å². The van der Waals surface area contributed by atoms with Crippen LogP contribution in [0.3, 0.4) is 0 Å². The lowest BCUT2D eigenvalue weighted by atomic mass is 9.93. The zero-order valence-electron chi connectivity index (χ0n) is 12.0. The molecule has 0 saturated carbocycles. The van der Waals surface area contributed by atoms with Crippen molar-refractivity contribution in [3.8, 4) is 0 Å². The summed E-state index contributed by atoms with van der Waals surface area (Å²) >= 11 is 5.87. The summed E-state index contributed by atoms with van der Waals surface area (Å²) in [6, 6.07) is 4.94. The highest BCUT2D eigenvalue weighted by atomic mass is 35.5. The Balaban J connectivity index is 2.22. The van der Waals surface area contributed by atoms with E-state index in [0.717, 1.165) is 19.5 Å². The maximum absolute atomic E-state index is 14.2. The quantitative estimate of drug-likeness (QED) is 0.929. The Kier molecular flexibility index (Phi) is 5.38. The van der Waals surface area contributed by atoms with E-state index in [2.05, 4.69) is 11.8 Å². The van der Waals surface area contributed by atoms with Gasteiger partial charge in [0.2, 0.25) is 0 Å². The van der Waals surface area contributed by atoms with Crippen LogP contribution in [0, 0.1) is 11.7 Å². The van der Waals surface area contributed by atoms with Gasteiger partial charge in [0.05, 0.1) is 17.2 Å². The van der Waals surface area contributed by atoms with Gasteiger partial charge >= 0.3 is 0 Å². The van der Waals surface area contributed by atoms with Crippen LogP contribution in [0.25, 0.3) is 0 Å². The molecule has 1 aromatic rings. The van der Waals surface area contributed by atoms with E-state index in [0.29, 0.717) is 18.0 Å². The van der Waals surface area contributed by atoms with E-state index in [1.54, 1.807) is 25.3 Å². The van der Waals surface area contributed by atoms with Gasteiger partial charge in [-0.25, -0.2) is 4.39 Å². The second-order valence-electron chi connectivity index (χ2n) is 5.43. The Labute approximate surface area is 124 Å². The van der Waals surface area contributed by atoms with E-state index in [-0.39, 0.29) is 23.0 Å². The molecule has 1 aliphatic rings. The van der Waals surface area contributed by atoms with Crippen LogP contribution in [0.4, 0.5) is 4.39 Å². The van der Waals surface area contributed by atoms with Crippen LogP contribution in [0.2, 0.25) is 5.02 Å². The number of nitrogens with two attached hydrogens (primary N) is 1. The number of rotatable bonds is 4. The largest absolute Gasteiger partial charge is 0.380 e. The molecule has 1 heterocycles. The van der Waals surface area contributed by atoms with Crippen LogP contribution in [-0.4, -0.2) is 37.7 Å². The molecule has 1 fully saturated rings. The van der Waals surface area contributed by atoms with Crippen molar-refractivity contribution in [1.82, 2.24) is 4.90 Å². The van der Waals surface area contributed by atoms with Crippen LogP contribution in [0.5, 0.6) is 0 Å². The number of nitrogens with zero attached hydrogens (tertiary/aromatic N) is 1. The second kappa shape index (κ2) is 6.85. The molecule has 2 N–H and O–H groups in total. The number of halogens is 2. The van der Waals surface area contributed by atoms with Gasteiger partial charge in [-0.3, -0.25) is 4.90 Å². The normalized spacial score (nSPS) is 25.6. The highest BCUT2D eigenvalue weighted by Gasteiger charge is 2.31. The third-order valence-corrected chi connectivity index (χ3v) is 4.52. The first-order chi connectivity index (χ1) is 9.58. The maximum atomic E-state index is 14.2.